The number of hydrogen-bond acceptors (Lipinski definition) is 5. The van der Waals surface area contributed by atoms with Crippen molar-refractivity contribution in [2.45, 2.75) is 65.5 Å². The zero-order valence-electron chi connectivity index (χ0n) is 20.8. The number of fused-ring (bicyclic) bond motifs is 1. The van der Waals surface area contributed by atoms with Gasteiger partial charge in [0.2, 0.25) is 11.8 Å². The average molecular weight is 471 g/mol. The van der Waals surface area contributed by atoms with Crippen LogP contribution in [0, 0.1) is 0 Å². The second-order valence-corrected chi connectivity index (χ2v) is 9.29. The van der Waals surface area contributed by atoms with Crippen LogP contribution in [0.1, 0.15) is 65.5 Å². The van der Waals surface area contributed by atoms with Gasteiger partial charge in [0.25, 0.3) is 0 Å². The quantitative estimate of drug-likeness (QED) is 0.678. The van der Waals surface area contributed by atoms with Crippen molar-refractivity contribution in [2.24, 2.45) is 7.05 Å². The number of benzene rings is 1. The van der Waals surface area contributed by atoms with Gasteiger partial charge in [-0.25, -0.2) is 9.59 Å². The van der Waals surface area contributed by atoms with Crippen LogP contribution in [0.15, 0.2) is 29.1 Å². The van der Waals surface area contributed by atoms with Gasteiger partial charge in [-0.15, -0.1) is 0 Å². The summed E-state index contributed by atoms with van der Waals surface area (Å²) in [6.45, 7) is 10.5. The van der Waals surface area contributed by atoms with E-state index in [9.17, 15) is 19.2 Å². The number of carbonyl (C=O) groups excluding carboxylic acids is 3. The highest BCUT2D eigenvalue weighted by Gasteiger charge is 2.31. The first kappa shape index (κ1) is 25.3. The van der Waals surface area contributed by atoms with E-state index in [1.807, 2.05) is 58.9 Å². The standard InChI is InChI=1S/C23H28N4O5.C2H6/c1-23(2,3)32-22(31)26-11-9-14(10-12-26)15-5-6-16-18(13-15)25(4)21(30)27(16)17-7-8-19(28)24-20(17)29;1-2/h5-6,9,13,17H,7-8,10-12H2,1-4H3,(H,24,28,29);1-2H3. The van der Waals surface area contributed by atoms with Crippen LogP contribution >= 0.6 is 0 Å². The Balaban J connectivity index is 0.00000158. The molecule has 0 spiro atoms. The molecule has 1 unspecified atom stereocenters. The van der Waals surface area contributed by atoms with E-state index in [1.165, 1.54) is 9.13 Å². The fourth-order valence-corrected chi connectivity index (χ4v) is 4.22. The fourth-order valence-electron chi connectivity index (χ4n) is 4.22. The van der Waals surface area contributed by atoms with E-state index in [4.69, 9.17) is 4.74 Å². The maximum absolute atomic E-state index is 12.9. The smallest absolute Gasteiger partial charge is 0.410 e. The van der Waals surface area contributed by atoms with E-state index in [2.05, 4.69) is 5.32 Å². The van der Waals surface area contributed by atoms with Gasteiger partial charge in [0, 0.05) is 26.6 Å². The molecule has 1 aromatic heterocycles. The molecule has 2 aliphatic heterocycles. The molecule has 1 aromatic carbocycles. The van der Waals surface area contributed by atoms with Gasteiger partial charge in [-0.3, -0.25) is 24.0 Å². The van der Waals surface area contributed by atoms with Gasteiger partial charge >= 0.3 is 11.8 Å². The van der Waals surface area contributed by atoms with E-state index in [1.54, 1.807) is 11.9 Å². The number of aromatic nitrogens is 2. The lowest BCUT2D eigenvalue weighted by atomic mass is 9.99. The van der Waals surface area contributed by atoms with E-state index >= 15 is 0 Å². The SMILES string of the molecule is CC.Cn1c(=O)n(C2CCC(=O)NC2=O)c2ccc(C3=CCN(C(=O)OC(C)(C)C)CC3)cc21. The monoisotopic (exact) mass is 470 g/mol. The topological polar surface area (TPSA) is 103 Å². The van der Waals surface area contributed by atoms with E-state index in [-0.39, 0.29) is 24.1 Å². The average Bonchev–Trinajstić information content (AvgIpc) is 3.04. The zero-order chi connectivity index (χ0) is 25.2. The van der Waals surface area contributed by atoms with Crippen molar-refractivity contribution in [1.82, 2.24) is 19.4 Å². The first-order valence-electron chi connectivity index (χ1n) is 11.8. The first-order chi connectivity index (χ1) is 16.0. The molecule has 0 bridgehead atoms. The molecule has 2 aliphatic rings. The molecule has 9 heteroatoms. The summed E-state index contributed by atoms with van der Waals surface area (Å²) in [5.41, 5.74) is 2.60. The minimum Gasteiger partial charge on any atom is -0.444 e. The maximum atomic E-state index is 12.9. The third-order valence-corrected chi connectivity index (χ3v) is 5.84. The minimum atomic E-state index is -0.703. The van der Waals surface area contributed by atoms with Gasteiger partial charge in [0.1, 0.15) is 11.6 Å². The molecule has 0 radical (unpaired) electrons. The predicted molar refractivity (Wildman–Crippen MR) is 130 cm³/mol. The molecule has 3 amide bonds. The molecule has 1 saturated heterocycles. The fraction of sp³-hybridized carbons (Fsp3) is 0.520. The van der Waals surface area contributed by atoms with E-state index in [0.717, 1.165) is 11.1 Å². The van der Waals surface area contributed by atoms with Gasteiger partial charge in [-0.2, -0.15) is 0 Å². The number of hydrogen-bond donors (Lipinski definition) is 1. The Kier molecular flexibility index (Phi) is 7.33. The summed E-state index contributed by atoms with van der Waals surface area (Å²) in [5.74, 6) is -0.761. The van der Waals surface area contributed by atoms with Crippen LogP contribution in [0.2, 0.25) is 0 Å². The molecule has 1 atom stereocenters. The summed E-state index contributed by atoms with van der Waals surface area (Å²) in [4.78, 5) is 50.7. The van der Waals surface area contributed by atoms with Crippen molar-refractivity contribution in [3.05, 3.63) is 40.3 Å². The van der Waals surface area contributed by atoms with Crippen molar-refractivity contribution >= 4 is 34.5 Å². The highest BCUT2D eigenvalue weighted by Crippen LogP contribution is 2.28. The summed E-state index contributed by atoms with van der Waals surface area (Å²) < 4.78 is 8.44. The summed E-state index contributed by atoms with van der Waals surface area (Å²) in [5, 5.41) is 2.32. The predicted octanol–water partition coefficient (Wildman–Crippen LogP) is 3.37. The molecule has 0 saturated carbocycles. The van der Waals surface area contributed by atoms with Crippen LogP contribution in [-0.4, -0.2) is 50.6 Å². The summed E-state index contributed by atoms with van der Waals surface area (Å²) in [7, 11) is 1.68. The van der Waals surface area contributed by atoms with Crippen LogP contribution in [0.3, 0.4) is 0 Å². The number of rotatable bonds is 2. The number of imide groups is 1. The normalized spacial score (nSPS) is 18.7. The maximum Gasteiger partial charge on any atom is 0.410 e. The Labute approximate surface area is 199 Å². The lowest BCUT2D eigenvalue weighted by Gasteiger charge is -2.29. The van der Waals surface area contributed by atoms with Gasteiger partial charge < -0.3 is 9.64 Å². The Morgan fingerprint density at radius 2 is 1.79 bits per heavy atom. The summed E-state index contributed by atoms with van der Waals surface area (Å²) in [6.07, 6.45) is 2.86. The van der Waals surface area contributed by atoms with E-state index < -0.39 is 17.6 Å². The second-order valence-electron chi connectivity index (χ2n) is 9.29. The van der Waals surface area contributed by atoms with Gasteiger partial charge in [-0.05, 0) is 56.9 Å². The number of imidazole rings is 1. The first-order valence-corrected chi connectivity index (χ1v) is 11.8. The van der Waals surface area contributed by atoms with Crippen LogP contribution in [0.5, 0.6) is 0 Å². The number of amides is 3. The van der Waals surface area contributed by atoms with Crippen LogP contribution in [-0.2, 0) is 21.4 Å². The number of nitrogens with zero attached hydrogens (tertiary/aromatic N) is 3. The molecule has 1 fully saturated rings. The molecule has 9 nitrogen and oxygen atoms in total. The third kappa shape index (κ3) is 5.08. The van der Waals surface area contributed by atoms with Crippen molar-refractivity contribution in [3.8, 4) is 0 Å². The molecule has 3 heterocycles. The van der Waals surface area contributed by atoms with E-state index in [0.29, 0.717) is 37.0 Å². The van der Waals surface area contributed by atoms with Gasteiger partial charge in [-0.1, -0.05) is 26.0 Å². The molecule has 34 heavy (non-hydrogen) atoms. The number of carbonyl (C=O) groups is 3. The van der Waals surface area contributed by atoms with Crippen molar-refractivity contribution < 1.29 is 19.1 Å². The Morgan fingerprint density at radius 1 is 1.09 bits per heavy atom. The molecule has 4 rings (SSSR count). The second kappa shape index (κ2) is 9.87. The zero-order valence-corrected chi connectivity index (χ0v) is 20.8. The lowest BCUT2D eigenvalue weighted by Crippen LogP contribution is -2.44. The minimum absolute atomic E-state index is 0.207. The van der Waals surface area contributed by atoms with Crippen LogP contribution in [0.4, 0.5) is 4.79 Å². The van der Waals surface area contributed by atoms with Crippen molar-refractivity contribution in [2.75, 3.05) is 13.1 Å². The molecule has 184 valence electrons. The molecule has 1 N–H and O–H groups in total. The summed E-state index contributed by atoms with van der Waals surface area (Å²) in [6, 6.07) is 5.01. The number of aryl methyl sites for hydroxylation is 1. The van der Waals surface area contributed by atoms with Crippen LogP contribution < -0.4 is 11.0 Å². The summed E-state index contributed by atoms with van der Waals surface area (Å²) >= 11 is 0. The van der Waals surface area contributed by atoms with Gasteiger partial charge in [0.15, 0.2) is 0 Å². The largest absolute Gasteiger partial charge is 0.444 e. The third-order valence-electron chi connectivity index (χ3n) is 5.84. The Bertz CT molecular complexity index is 1200. The van der Waals surface area contributed by atoms with Crippen molar-refractivity contribution in [1.29, 1.82) is 0 Å². The number of nitrogens with one attached hydrogen (secondary N) is 1. The number of piperidine rings is 1. The van der Waals surface area contributed by atoms with Crippen LogP contribution in [0.25, 0.3) is 16.6 Å². The Morgan fingerprint density at radius 3 is 2.38 bits per heavy atom. The molecule has 2 aromatic rings. The molecule has 0 aliphatic carbocycles. The molecular weight excluding hydrogens is 436 g/mol. The molecular formula is C25H34N4O5. The Hall–Kier alpha value is -3.36. The highest BCUT2D eigenvalue weighted by molar-refractivity contribution is 6.00. The number of ether oxygens (including phenoxy) is 1. The highest BCUT2D eigenvalue weighted by atomic mass is 16.6. The van der Waals surface area contributed by atoms with Crippen molar-refractivity contribution in [3.63, 3.8) is 0 Å². The van der Waals surface area contributed by atoms with Gasteiger partial charge in [0.05, 0.1) is 11.0 Å². The lowest BCUT2D eigenvalue weighted by molar-refractivity contribution is -0.135.